The Bertz CT molecular complexity index is 1440. The molecule has 0 aliphatic rings. The number of benzene rings is 2. The van der Waals surface area contributed by atoms with E-state index < -0.39 is 0 Å². The molecule has 0 atom stereocenters. The molecule has 33 heavy (non-hydrogen) atoms. The highest BCUT2D eigenvalue weighted by molar-refractivity contribution is 5.80. The average Bonchev–Trinajstić information content (AvgIpc) is 3.27. The lowest BCUT2D eigenvalue weighted by Crippen LogP contribution is -2.11. The monoisotopic (exact) mass is 432 g/mol. The van der Waals surface area contributed by atoms with Gasteiger partial charge in [0.05, 0.1) is 17.6 Å². The summed E-state index contributed by atoms with van der Waals surface area (Å²) >= 11 is 0. The van der Waals surface area contributed by atoms with Crippen molar-refractivity contribution < 1.29 is 4.79 Å². The second-order valence-electron chi connectivity index (χ2n) is 8.32. The van der Waals surface area contributed by atoms with Gasteiger partial charge >= 0.3 is 0 Å². The van der Waals surface area contributed by atoms with Crippen LogP contribution in [-0.4, -0.2) is 26.7 Å². The van der Waals surface area contributed by atoms with Crippen molar-refractivity contribution in [1.82, 2.24) is 14.4 Å². The number of rotatable bonds is 6. The molecular formula is C28H24N4O. The zero-order valence-corrected chi connectivity index (χ0v) is 18.6. The van der Waals surface area contributed by atoms with E-state index in [1.54, 1.807) is 6.07 Å². The molecule has 1 N–H and O–H groups in total. The number of nitrogens with one attached hydrogen (secondary N) is 1. The molecule has 0 saturated heterocycles. The zero-order chi connectivity index (χ0) is 22.8. The Labute approximate surface area is 192 Å². The molecule has 0 unspecified atom stereocenters. The molecule has 0 amide bonds. The van der Waals surface area contributed by atoms with Crippen LogP contribution in [0.5, 0.6) is 0 Å². The van der Waals surface area contributed by atoms with Crippen LogP contribution < -0.4 is 5.32 Å². The number of pyridine rings is 2. The molecule has 0 aliphatic carbocycles. The molecule has 2 aromatic carbocycles. The van der Waals surface area contributed by atoms with E-state index in [4.69, 9.17) is 4.98 Å². The van der Waals surface area contributed by atoms with Crippen LogP contribution in [0.1, 0.15) is 24.2 Å². The molecule has 3 heterocycles. The number of aromatic nitrogens is 3. The topological polar surface area (TPSA) is 59.3 Å². The first-order chi connectivity index (χ1) is 16.1. The van der Waals surface area contributed by atoms with Crippen molar-refractivity contribution in [2.75, 3.05) is 5.32 Å². The van der Waals surface area contributed by atoms with Crippen LogP contribution in [0.15, 0.2) is 91.3 Å². The molecular weight excluding hydrogens is 408 g/mol. The molecule has 5 heteroatoms. The van der Waals surface area contributed by atoms with Crippen LogP contribution in [0.3, 0.4) is 0 Å². The van der Waals surface area contributed by atoms with Crippen molar-refractivity contribution in [2.24, 2.45) is 0 Å². The highest BCUT2D eigenvalue weighted by atomic mass is 16.1. The third kappa shape index (κ3) is 4.26. The summed E-state index contributed by atoms with van der Waals surface area (Å²) in [6.07, 6.45) is 4.79. The second-order valence-corrected chi connectivity index (χ2v) is 8.32. The summed E-state index contributed by atoms with van der Waals surface area (Å²) < 4.78 is 2.08. The van der Waals surface area contributed by atoms with E-state index in [-0.39, 0.29) is 6.04 Å². The molecule has 162 valence electrons. The van der Waals surface area contributed by atoms with Crippen LogP contribution in [0.2, 0.25) is 0 Å². The van der Waals surface area contributed by atoms with E-state index in [0.29, 0.717) is 5.56 Å². The van der Waals surface area contributed by atoms with Gasteiger partial charge in [-0.05, 0) is 55.3 Å². The van der Waals surface area contributed by atoms with Gasteiger partial charge in [-0.3, -0.25) is 9.20 Å². The number of imidazole rings is 1. The highest BCUT2D eigenvalue weighted by Crippen LogP contribution is 2.30. The smallest absolute Gasteiger partial charge is 0.150 e. The van der Waals surface area contributed by atoms with Gasteiger partial charge in [-0.1, -0.05) is 48.5 Å². The molecule has 0 saturated carbocycles. The Morgan fingerprint density at radius 2 is 1.64 bits per heavy atom. The van der Waals surface area contributed by atoms with Gasteiger partial charge in [0.15, 0.2) is 0 Å². The first-order valence-electron chi connectivity index (χ1n) is 11.0. The van der Waals surface area contributed by atoms with Gasteiger partial charge < -0.3 is 5.32 Å². The van der Waals surface area contributed by atoms with Crippen molar-refractivity contribution in [3.63, 3.8) is 0 Å². The van der Waals surface area contributed by atoms with Gasteiger partial charge in [-0.15, -0.1) is 0 Å². The maximum Gasteiger partial charge on any atom is 0.150 e. The van der Waals surface area contributed by atoms with Crippen LogP contribution in [0, 0.1) is 0 Å². The predicted octanol–water partition coefficient (Wildman–Crippen LogP) is 6.36. The van der Waals surface area contributed by atoms with E-state index in [9.17, 15) is 4.79 Å². The van der Waals surface area contributed by atoms with Crippen LogP contribution in [0.25, 0.3) is 39.3 Å². The fraction of sp³-hybridized carbons (Fsp3) is 0.107. The molecule has 5 rings (SSSR count). The third-order valence-corrected chi connectivity index (χ3v) is 5.50. The van der Waals surface area contributed by atoms with E-state index in [1.165, 1.54) is 0 Å². The molecule has 0 aliphatic heterocycles. The molecule has 0 bridgehead atoms. The first-order valence-corrected chi connectivity index (χ1v) is 11.0. The Morgan fingerprint density at radius 3 is 2.42 bits per heavy atom. The summed E-state index contributed by atoms with van der Waals surface area (Å²) in [5, 5.41) is 3.44. The lowest BCUT2D eigenvalue weighted by atomic mass is 10.0. The minimum Gasteiger partial charge on any atom is -0.368 e. The van der Waals surface area contributed by atoms with Crippen molar-refractivity contribution >= 4 is 17.8 Å². The quantitative estimate of drug-likeness (QED) is 0.317. The molecule has 0 fully saturated rings. The van der Waals surface area contributed by atoms with Crippen molar-refractivity contribution in [3.05, 3.63) is 96.8 Å². The summed E-state index contributed by atoms with van der Waals surface area (Å²) in [4.78, 5) is 20.7. The molecule has 0 radical (unpaired) electrons. The maximum atomic E-state index is 11.2. The normalized spacial score (nSPS) is 11.1. The average molecular weight is 433 g/mol. The number of hydrogen-bond acceptors (Lipinski definition) is 4. The number of hydrogen-bond donors (Lipinski definition) is 1. The second kappa shape index (κ2) is 8.71. The van der Waals surface area contributed by atoms with Gasteiger partial charge in [-0.2, -0.15) is 0 Å². The summed E-state index contributed by atoms with van der Waals surface area (Å²) in [6.45, 7) is 4.21. The SMILES string of the molecule is CC(C)Nc1cc(-c2cnc3cc(-c4cccc(C=O)c4)ccn23)cc(-c2ccccc2)n1. The Balaban J connectivity index is 1.60. The fourth-order valence-corrected chi connectivity index (χ4v) is 3.97. The van der Waals surface area contributed by atoms with Gasteiger partial charge in [0.2, 0.25) is 0 Å². The largest absolute Gasteiger partial charge is 0.368 e. The molecule has 5 aromatic rings. The number of carbonyl (C=O) groups is 1. The highest BCUT2D eigenvalue weighted by Gasteiger charge is 2.12. The number of aldehydes is 1. The minimum atomic E-state index is 0.267. The predicted molar refractivity (Wildman–Crippen MR) is 133 cm³/mol. The standard InChI is InChI=1S/C28H24N4O/c1-19(2)30-27-15-24(14-25(31-27)21-8-4-3-5-9-21)26-17-29-28-16-23(11-12-32(26)28)22-10-6-7-20(13-22)18-33/h3-19H,1-2H3,(H,30,31). The molecule has 5 nitrogen and oxygen atoms in total. The summed E-state index contributed by atoms with van der Waals surface area (Å²) in [6, 6.07) is 26.3. The zero-order valence-electron chi connectivity index (χ0n) is 18.6. The molecule has 0 spiro atoms. The minimum absolute atomic E-state index is 0.267. The van der Waals surface area contributed by atoms with Crippen LogP contribution in [-0.2, 0) is 0 Å². The summed E-state index contributed by atoms with van der Waals surface area (Å²) in [5.41, 5.74) is 7.52. The van der Waals surface area contributed by atoms with E-state index in [2.05, 4.69) is 58.9 Å². The Kier molecular flexibility index (Phi) is 5.45. The number of carbonyl (C=O) groups excluding carboxylic acids is 1. The fourth-order valence-electron chi connectivity index (χ4n) is 3.97. The molecule has 3 aromatic heterocycles. The van der Waals surface area contributed by atoms with Gasteiger partial charge in [0.25, 0.3) is 0 Å². The van der Waals surface area contributed by atoms with E-state index >= 15 is 0 Å². The lowest BCUT2D eigenvalue weighted by molar-refractivity contribution is 0.112. The van der Waals surface area contributed by atoms with Crippen LogP contribution >= 0.6 is 0 Å². The van der Waals surface area contributed by atoms with Crippen molar-refractivity contribution in [1.29, 1.82) is 0 Å². The van der Waals surface area contributed by atoms with Crippen molar-refractivity contribution in [2.45, 2.75) is 19.9 Å². The van der Waals surface area contributed by atoms with Gasteiger partial charge in [0, 0.05) is 28.9 Å². The summed E-state index contributed by atoms with van der Waals surface area (Å²) in [5.74, 6) is 0.832. The van der Waals surface area contributed by atoms with E-state index in [1.807, 2.05) is 54.9 Å². The maximum absolute atomic E-state index is 11.2. The van der Waals surface area contributed by atoms with Gasteiger partial charge in [0.1, 0.15) is 17.8 Å². The Morgan fingerprint density at radius 1 is 0.848 bits per heavy atom. The van der Waals surface area contributed by atoms with Gasteiger partial charge in [-0.25, -0.2) is 9.97 Å². The number of anilines is 1. The van der Waals surface area contributed by atoms with E-state index in [0.717, 1.165) is 51.4 Å². The number of nitrogens with zero attached hydrogens (tertiary/aromatic N) is 3. The summed E-state index contributed by atoms with van der Waals surface area (Å²) in [7, 11) is 0. The Hall–Kier alpha value is -4.25. The van der Waals surface area contributed by atoms with Crippen molar-refractivity contribution in [3.8, 4) is 33.6 Å². The third-order valence-electron chi connectivity index (χ3n) is 5.50. The lowest BCUT2D eigenvalue weighted by Gasteiger charge is -2.13. The van der Waals surface area contributed by atoms with Crippen LogP contribution in [0.4, 0.5) is 5.82 Å². The number of fused-ring (bicyclic) bond motifs is 1. The first kappa shape index (κ1) is 20.6.